The van der Waals surface area contributed by atoms with Crippen molar-refractivity contribution in [2.45, 2.75) is 23.7 Å². The van der Waals surface area contributed by atoms with Crippen LogP contribution in [0.2, 0.25) is 0 Å². The smallest absolute Gasteiger partial charge is 0.268 e. The molecule has 0 bridgehead atoms. The Morgan fingerprint density at radius 1 is 1.12 bits per heavy atom. The molecule has 24 heavy (non-hydrogen) atoms. The Morgan fingerprint density at radius 3 is 2.71 bits per heavy atom. The average Bonchev–Trinajstić information content (AvgIpc) is 2.99. The Bertz CT molecular complexity index is 936. The second-order valence-corrected chi connectivity index (χ2v) is 7.91. The molecule has 1 aliphatic heterocycles. The lowest BCUT2D eigenvalue weighted by Gasteiger charge is -2.21. The molecule has 5 nitrogen and oxygen atoms in total. The summed E-state index contributed by atoms with van der Waals surface area (Å²) in [4.78, 5) is 12.3. The molecule has 0 saturated carbocycles. The summed E-state index contributed by atoms with van der Waals surface area (Å²) in [5, 5.41) is 0. The zero-order valence-electron chi connectivity index (χ0n) is 13.2. The third-order valence-corrected chi connectivity index (χ3v) is 6.62. The number of methoxy groups -OCH3 is 1. The first-order chi connectivity index (χ1) is 11.5. The van der Waals surface area contributed by atoms with Crippen molar-refractivity contribution >= 4 is 21.5 Å². The van der Waals surface area contributed by atoms with E-state index in [4.69, 9.17) is 4.74 Å². The van der Waals surface area contributed by atoms with Gasteiger partial charge in [0.2, 0.25) is 0 Å². The molecule has 0 amide bonds. The van der Waals surface area contributed by atoms with E-state index >= 15 is 0 Å². The van der Waals surface area contributed by atoms with Gasteiger partial charge in [-0.1, -0.05) is 24.3 Å². The molecule has 0 saturated heterocycles. The van der Waals surface area contributed by atoms with Crippen LogP contribution in [0.15, 0.2) is 47.4 Å². The normalized spacial score (nSPS) is 19.3. The summed E-state index contributed by atoms with van der Waals surface area (Å²) < 4.78 is 33.1. The Kier molecular flexibility index (Phi) is 3.38. The molecule has 0 fully saturated rings. The molecule has 4 rings (SSSR count). The SMILES string of the molecule is COc1ccccc1S(=O)(=O)N1C[C@@H]2CCC(=O)c3cccc1c32. The molecule has 6 heteroatoms. The van der Waals surface area contributed by atoms with Gasteiger partial charge in [0.15, 0.2) is 5.78 Å². The number of rotatable bonds is 3. The minimum atomic E-state index is -3.75. The summed E-state index contributed by atoms with van der Waals surface area (Å²) in [6.45, 7) is 0.375. The summed E-state index contributed by atoms with van der Waals surface area (Å²) in [5.74, 6) is 0.502. The molecule has 1 aliphatic carbocycles. The van der Waals surface area contributed by atoms with Crippen molar-refractivity contribution in [3.63, 3.8) is 0 Å². The lowest BCUT2D eigenvalue weighted by atomic mass is 9.83. The quantitative estimate of drug-likeness (QED) is 0.859. The van der Waals surface area contributed by atoms with Crippen molar-refractivity contribution in [1.82, 2.24) is 0 Å². The highest BCUT2D eigenvalue weighted by Crippen LogP contribution is 2.46. The van der Waals surface area contributed by atoms with Gasteiger partial charge in [-0.15, -0.1) is 0 Å². The number of carbonyl (C=O) groups excluding carboxylic acids is 1. The highest BCUT2D eigenvalue weighted by Gasteiger charge is 2.41. The number of anilines is 1. The number of hydrogen-bond acceptors (Lipinski definition) is 4. The maximum atomic E-state index is 13.2. The lowest BCUT2D eigenvalue weighted by molar-refractivity contribution is 0.0968. The van der Waals surface area contributed by atoms with Crippen LogP contribution < -0.4 is 9.04 Å². The summed E-state index contributed by atoms with van der Waals surface area (Å²) in [7, 11) is -2.29. The minimum absolute atomic E-state index is 0.0818. The van der Waals surface area contributed by atoms with Gasteiger partial charge in [0.25, 0.3) is 10.0 Å². The molecule has 1 atom stereocenters. The monoisotopic (exact) mass is 343 g/mol. The zero-order chi connectivity index (χ0) is 16.9. The first-order valence-electron chi connectivity index (χ1n) is 7.86. The molecule has 2 aromatic rings. The number of ketones is 1. The fourth-order valence-corrected chi connectivity index (χ4v) is 5.37. The Balaban J connectivity index is 1.87. The first kappa shape index (κ1) is 15.2. The standard InChI is InChI=1S/C18H17NO4S/c1-23-16-7-2-3-8-17(16)24(21,22)19-11-12-9-10-15(20)13-5-4-6-14(19)18(12)13/h2-8,12H,9-11H2,1H3/t12-/m0/s1. The molecule has 1 heterocycles. The van der Waals surface area contributed by atoms with E-state index in [2.05, 4.69) is 0 Å². The number of nitrogens with zero attached hydrogens (tertiary/aromatic N) is 1. The Morgan fingerprint density at radius 2 is 1.92 bits per heavy atom. The van der Waals surface area contributed by atoms with E-state index in [0.29, 0.717) is 36.4 Å². The van der Waals surface area contributed by atoms with Gasteiger partial charge >= 0.3 is 0 Å². The number of sulfonamides is 1. The van der Waals surface area contributed by atoms with E-state index in [1.54, 1.807) is 42.5 Å². The van der Waals surface area contributed by atoms with Crippen LogP contribution in [0.5, 0.6) is 5.75 Å². The van der Waals surface area contributed by atoms with Gasteiger partial charge in [0, 0.05) is 24.4 Å². The molecule has 0 aromatic heterocycles. The fraction of sp³-hybridized carbons (Fsp3) is 0.278. The average molecular weight is 343 g/mol. The molecule has 0 unspecified atom stereocenters. The highest BCUT2D eigenvalue weighted by atomic mass is 32.2. The van der Waals surface area contributed by atoms with Crippen LogP contribution in [0.1, 0.15) is 34.7 Å². The van der Waals surface area contributed by atoms with Gasteiger partial charge in [-0.25, -0.2) is 8.42 Å². The van der Waals surface area contributed by atoms with Crippen LogP contribution in [-0.4, -0.2) is 27.9 Å². The second kappa shape index (κ2) is 5.34. The van der Waals surface area contributed by atoms with E-state index < -0.39 is 10.0 Å². The maximum absolute atomic E-state index is 13.2. The second-order valence-electron chi connectivity index (χ2n) is 6.08. The van der Waals surface area contributed by atoms with Crippen molar-refractivity contribution in [3.8, 4) is 5.75 Å². The van der Waals surface area contributed by atoms with E-state index in [1.165, 1.54) is 11.4 Å². The van der Waals surface area contributed by atoms with Gasteiger partial charge in [0.1, 0.15) is 10.6 Å². The van der Waals surface area contributed by atoms with Crippen molar-refractivity contribution in [2.75, 3.05) is 18.0 Å². The number of benzene rings is 2. The van der Waals surface area contributed by atoms with Gasteiger partial charge in [0.05, 0.1) is 12.8 Å². The summed E-state index contributed by atoms with van der Waals surface area (Å²) in [5.41, 5.74) is 2.17. The summed E-state index contributed by atoms with van der Waals surface area (Å²) in [6, 6.07) is 11.9. The van der Waals surface area contributed by atoms with E-state index in [9.17, 15) is 13.2 Å². The number of hydrogen-bond donors (Lipinski definition) is 0. The van der Waals surface area contributed by atoms with Crippen LogP contribution >= 0.6 is 0 Å². The van der Waals surface area contributed by atoms with E-state index in [1.807, 2.05) is 0 Å². The number of para-hydroxylation sites is 1. The van der Waals surface area contributed by atoms with Gasteiger partial charge < -0.3 is 4.74 Å². The van der Waals surface area contributed by atoms with Crippen LogP contribution in [0.3, 0.4) is 0 Å². The van der Waals surface area contributed by atoms with Crippen LogP contribution in [0, 0.1) is 0 Å². The first-order valence-corrected chi connectivity index (χ1v) is 9.30. The molecule has 0 spiro atoms. The molecular formula is C18H17NO4S. The van der Waals surface area contributed by atoms with Gasteiger partial charge in [-0.05, 0) is 30.2 Å². The highest BCUT2D eigenvalue weighted by molar-refractivity contribution is 7.93. The number of ether oxygens (including phenoxy) is 1. The van der Waals surface area contributed by atoms with Crippen LogP contribution in [0.25, 0.3) is 0 Å². The maximum Gasteiger partial charge on any atom is 0.268 e. The fourth-order valence-electron chi connectivity index (χ4n) is 3.69. The summed E-state index contributed by atoms with van der Waals surface area (Å²) >= 11 is 0. The number of carbonyl (C=O) groups is 1. The predicted octanol–water partition coefficient (Wildman–Crippen LogP) is 2.96. The zero-order valence-corrected chi connectivity index (χ0v) is 14.0. The molecule has 0 radical (unpaired) electrons. The van der Waals surface area contributed by atoms with E-state index in [-0.39, 0.29) is 16.6 Å². The van der Waals surface area contributed by atoms with Crippen molar-refractivity contribution in [2.24, 2.45) is 0 Å². The molecule has 2 aliphatic rings. The van der Waals surface area contributed by atoms with E-state index in [0.717, 1.165) is 5.56 Å². The van der Waals surface area contributed by atoms with Crippen LogP contribution in [0.4, 0.5) is 5.69 Å². The predicted molar refractivity (Wildman–Crippen MR) is 90.3 cm³/mol. The minimum Gasteiger partial charge on any atom is -0.495 e. The molecule has 124 valence electrons. The molecule has 2 aromatic carbocycles. The Labute approximate surface area is 140 Å². The largest absolute Gasteiger partial charge is 0.495 e. The van der Waals surface area contributed by atoms with Gasteiger partial charge in [-0.3, -0.25) is 9.10 Å². The number of Topliss-reactive ketones (excluding diaryl/α,β-unsaturated/α-hetero) is 1. The van der Waals surface area contributed by atoms with Crippen molar-refractivity contribution < 1.29 is 17.9 Å². The van der Waals surface area contributed by atoms with Gasteiger partial charge in [-0.2, -0.15) is 0 Å². The molecule has 0 N–H and O–H groups in total. The molecular weight excluding hydrogens is 326 g/mol. The Hall–Kier alpha value is -2.34. The van der Waals surface area contributed by atoms with Crippen LogP contribution in [-0.2, 0) is 10.0 Å². The third-order valence-electron chi connectivity index (χ3n) is 4.80. The topological polar surface area (TPSA) is 63.7 Å². The van der Waals surface area contributed by atoms with Crippen molar-refractivity contribution in [1.29, 1.82) is 0 Å². The summed E-state index contributed by atoms with van der Waals surface area (Å²) in [6.07, 6.45) is 1.17. The lowest BCUT2D eigenvalue weighted by Crippen LogP contribution is -2.30. The third kappa shape index (κ3) is 2.06. The van der Waals surface area contributed by atoms with Crippen molar-refractivity contribution in [3.05, 3.63) is 53.6 Å².